The van der Waals surface area contributed by atoms with E-state index in [1.165, 1.54) is 6.07 Å². The predicted octanol–water partition coefficient (Wildman–Crippen LogP) is 25.4. The number of alkyl halides is 4. The number of rotatable bonds is 9. The molecule has 102 heavy (non-hydrogen) atoms. The van der Waals surface area contributed by atoms with Crippen molar-refractivity contribution < 1.29 is 17.6 Å². The summed E-state index contributed by atoms with van der Waals surface area (Å²) in [4.78, 5) is 21.2. The first-order valence-electron chi connectivity index (χ1n) is 34.1. The van der Waals surface area contributed by atoms with Gasteiger partial charge in [0.1, 0.15) is 0 Å². The zero-order valence-corrected chi connectivity index (χ0v) is 54.5. The van der Waals surface area contributed by atoms with Crippen molar-refractivity contribution in [1.82, 2.24) is 19.9 Å². The third kappa shape index (κ3) is 9.58. The monoisotopic (exact) mass is 1310 g/mol. The maximum absolute atomic E-state index is 17.5. The molecule has 16 aromatic carbocycles. The normalized spacial score (nSPS) is 13.3. The largest absolute Gasteiger partial charge is 0.299 e. The van der Waals surface area contributed by atoms with Crippen LogP contribution < -0.4 is 0 Å². The van der Waals surface area contributed by atoms with Crippen LogP contribution in [0.1, 0.15) is 22.3 Å². The molecule has 2 aromatic heterocycles. The number of nitrogens with zero attached hydrogens (tertiary/aromatic N) is 4. The third-order valence-corrected chi connectivity index (χ3v) is 20.9. The Hall–Kier alpha value is -13.0. The van der Waals surface area contributed by atoms with E-state index >= 15 is 17.6 Å². The minimum Gasteiger partial charge on any atom is -0.228 e. The summed E-state index contributed by atoms with van der Waals surface area (Å²) in [5, 5.41) is 12.2. The molecule has 0 N–H and O–H groups in total. The van der Waals surface area contributed by atoms with Gasteiger partial charge in [0, 0.05) is 55.6 Å². The fourth-order valence-corrected chi connectivity index (χ4v) is 15.8. The van der Waals surface area contributed by atoms with Crippen LogP contribution in [0.2, 0.25) is 0 Å². The van der Waals surface area contributed by atoms with E-state index in [9.17, 15) is 0 Å². The molecule has 0 fully saturated rings. The molecule has 2 aliphatic rings. The minimum atomic E-state index is -3.29. The molecule has 0 atom stereocenters. The van der Waals surface area contributed by atoms with E-state index in [2.05, 4.69) is 140 Å². The molecule has 8 heteroatoms. The van der Waals surface area contributed by atoms with Crippen molar-refractivity contribution in [3.8, 4) is 123 Å². The maximum atomic E-state index is 17.5. The minimum absolute atomic E-state index is 0.000722. The number of halogens is 4. The molecular weight excluding hydrogens is 1260 g/mol. The van der Waals surface area contributed by atoms with E-state index in [0.717, 1.165) is 132 Å². The van der Waals surface area contributed by atoms with Crippen LogP contribution in [0.4, 0.5) is 17.6 Å². The van der Waals surface area contributed by atoms with Crippen molar-refractivity contribution in [2.75, 3.05) is 0 Å². The maximum Gasteiger partial charge on any atom is 0.299 e. The van der Waals surface area contributed by atoms with Crippen LogP contribution in [0, 0.1) is 0 Å². The van der Waals surface area contributed by atoms with Gasteiger partial charge in [-0.15, -0.1) is 0 Å². The zero-order valence-electron chi connectivity index (χ0n) is 54.5. The molecule has 0 bridgehead atoms. The highest BCUT2D eigenvalue weighted by Gasteiger charge is 2.46. The second kappa shape index (κ2) is 22.8. The summed E-state index contributed by atoms with van der Waals surface area (Å²) >= 11 is 0. The highest BCUT2D eigenvalue weighted by atomic mass is 19.3. The van der Waals surface area contributed by atoms with Gasteiger partial charge < -0.3 is 0 Å². The van der Waals surface area contributed by atoms with Crippen LogP contribution in [-0.2, 0) is 11.8 Å². The van der Waals surface area contributed by atoms with Gasteiger partial charge in [-0.1, -0.05) is 261 Å². The average molecular weight is 1320 g/mol. The lowest BCUT2D eigenvalue weighted by atomic mass is 9.91. The van der Waals surface area contributed by atoms with Gasteiger partial charge in [-0.3, -0.25) is 0 Å². The molecule has 2 aliphatic carbocycles. The van der Waals surface area contributed by atoms with Crippen molar-refractivity contribution in [1.29, 1.82) is 0 Å². The molecular formula is C94H54F4N4. The number of hydrogen-bond acceptors (Lipinski definition) is 4. The van der Waals surface area contributed by atoms with Crippen molar-refractivity contribution in [2.45, 2.75) is 11.8 Å². The van der Waals surface area contributed by atoms with Crippen LogP contribution in [0.3, 0.4) is 0 Å². The van der Waals surface area contributed by atoms with Crippen LogP contribution in [-0.4, -0.2) is 19.9 Å². The molecule has 20 rings (SSSR count). The summed E-state index contributed by atoms with van der Waals surface area (Å²) in [6.45, 7) is 0. The lowest BCUT2D eigenvalue weighted by Gasteiger charge is -2.16. The van der Waals surface area contributed by atoms with E-state index < -0.39 is 11.8 Å². The first kappa shape index (κ1) is 59.1. The molecule has 0 saturated heterocycles. The fraction of sp³-hybridized carbons (Fsp3) is 0.0213. The van der Waals surface area contributed by atoms with Crippen molar-refractivity contribution in [3.63, 3.8) is 0 Å². The Morgan fingerprint density at radius 3 is 1.00 bits per heavy atom. The number of aromatic nitrogens is 4. The topological polar surface area (TPSA) is 51.6 Å². The lowest BCUT2D eigenvalue weighted by molar-refractivity contribution is 0.0475. The van der Waals surface area contributed by atoms with Gasteiger partial charge in [0.05, 0.1) is 22.8 Å². The summed E-state index contributed by atoms with van der Waals surface area (Å²) in [5.41, 5.74) is 15.0. The summed E-state index contributed by atoms with van der Waals surface area (Å²) in [6.07, 6.45) is 0. The molecule has 478 valence electrons. The first-order chi connectivity index (χ1) is 50.0. The molecule has 0 radical (unpaired) electrons. The second-order valence-electron chi connectivity index (χ2n) is 26.8. The second-order valence-corrected chi connectivity index (χ2v) is 26.8. The van der Waals surface area contributed by atoms with Gasteiger partial charge in [-0.05, 0) is 187 Å². The fourth-order valence-electron chi connectivity index (χ4n) is 15.8. The van der Waals surface area contributed by atoms with Crippen LogP contribution in [0.15, 0.2) is 328 Å². The molecule has 0 saturated carbocycles. The molecule has 0 aliphatic heterocycles. The van der Waals surface area contributed by atoms with Crippen LogP contribution in [0.5, 0.6) is 0 Å². The Balaban J connectivity index is 0.625. The van der Waals surface area contributed by atoms with Crippen LogP contribution in [0.25, 0.3) is 188 Å². The van der Waals surface area contributed by atoms with Gasteiger partial charge in [-0.2, -0.15) is 17.6 Å². The van der Waals surface area contributed by atoms with Gasteiger partial charge in [0.15, 0.2) is 11.6 Å². The zero-order chi connectivity index (χ0) is 68.0. The Kier molecular flexibility index (Phi) is 13.2. The van der Waals surface area contributed by atoms with Crippen molar-refractivity contribution in [3.05, 3.63) is 350 Å². The summed E-state index contributed by atoms with van der Waals surface area (Å²) in [6, 6.07) is 108. The number of hydrogen-bond donors (Lipinski definition) is 0. The summed E-state index contributed by atoms with van der Waals surface area (Å²) in [7, 11) is 0. The van der Waals surface area contributed by atoms with Gasteiger partial charge in [0.25, 0.3) is 11.8 Å². The van der Waals surface area contributed by atoms with E-state index in [4.69, 9.17) is 19.9 Å². The summed E-state index contributed by atoms with van der Waals surface area (Å²) < 4.78 is 67.2. The smallest absolute Gasteiger partial charge is 0.228 e. The van der Waals surface area contributed by atoms with E-state index in [0.29, 0.717) is 56.3 Å². The number of fused-ring (bicyclic) bond motifs is 12. The predicted molar refractivity (Wildman–Crippen MR) is 408 cm³/mol. The Morgan fingerprint density at radius 1 is 0.176 bits per heavy atom. The van der Waals surface area contributed by atoms with Crippen molar-refractivity contribution in [2.24, 2.45) is 0 Å². The van der Waals surface area contributed by atoms with Gasteiger partial charge >= 0.3 is 0 Å². The first-order valence-corrected chi connectivity index (χ1v) is 34.1. The Bertz CT molecular complexity index is 6520. The number of benzene rings is 16. The molecule has 0 amide bonds. The molecule has 0 unspecified atom stereocenters. The highest BCUT2D eigenvalue weighted by Crippen LogP contribution is 2.55. The standard InChI is InChI=1S/C94H54F4N4/c95-93(96)83-24-12-11-23-77(83)78-39-36-65(51-85(78)93)72-42-44-82(76-22-10-8-20-74(72)76)92-100-87(67-31-25-55-13-1-4-16-58(55)46-67)53-88(101-92)69-33-30-61-45-62(28-29-63(61)48-69)64-35-38-79-80-40-37-66(52-86(80)94(97,98)84(79)50-64)71-41-43-81(75-21-9-7-19-73(71)75)90-54-89(68-32-26-56-14-2-5-17-59(56)47-68)99-91(102-90)70-34-27-57-15-3-6-18-60(57)49-70/h1-54H. The average Bonchev–Trinajstić information content (AvgIpc) is 1.56. The molecule has 18 aromatic rings. The third-order valence-electron chi connectivity index (χ3n) is 20.9. The Labute approximate surface area is 583 Å². The van der Waals surface area contributed by atoms with E-state index in [-0.39, 0.29) is 22.3 Å². The highest BCUT2D eigenvalue weighted by molar-refractivity contribution is 6.07. The quantitative estimate of drug-likeness (QED) is 0.135. The lowest BCUT2D eigenvalue weighted by Crippen LogP contribution is -2.11. The van der Waals surface area contributed by atoms with Crippen molar-refractivity contribution >= 4 is 64.6 Å². The molecule has 0 spiro atoms. The van der Waals surface area contributed by atoms with Gasteiger partial charge in [-0.25, -0.2) is 19.9 Å². The van der Waals surface area contributed by atoms with Crippen LogP contribution >= 0.6 is 0 Å². The molecule has 2 heterocycles. The van der Waals surface area contributed by atoms with E-state index in [1.54, 1.807) is 36.4 Å². The Morgan fingerprint density at radius 2 is 0.471 bits per heavy atom. The van der Waals surface area contributed by atoms with Gasteiger partial charge in [0.2, 0.25) is 0 Å². The van der Waals surface area contributed by atoms with E-state index in [1.807, 2.05) is 146 Å². The SMILES string of the molecule is FC1(F)c2cc(-c3ccc4cc(-c5cc(-c6ccc7ccccc7c6)nc(-c6ccc(-c7ccc8c(c7)C(F)(F)c7ccccc7-8)c7ccccc67)n5)ccc4c3)ccc2-c2ccc(-c3ccc(-c4cc(-c5ccc6ccccc6c5)nc(-c5ccc6ccccc6c5)n4)c4ccccc34)cc21. The summed E-state index contributed by atoms with van der Waals surface area (Å²) in [5.74, 6) is -5.30. The molecule has 4 nitrogen and oxygen atoms in total.